The molecule has 0 saturated carbocycles. The Hall–Kier alpha value is -3.46. The molecular weight excluding hydrogens is 712 g/mol. The normalized spacial score (nSPS) is 22.6. The summed E-state index contributed by atoms with van der Waals surface area (Å²) in [6.45, 7) is 10.3. The summed E-state index contributed by atoms with van der Waals surface area (Å²) in [5.74, 6) is -2.45. The van der Waals surface area contributed by atoms with Crippen LogP contribution in [0.1, 0.15) is 83.3 Å². The summed E-state index contributed by atoms with van der Waals surface area (Å²) >= 11 is 1.49. The molecule has 3 unspecified atom stereocenters. The summed E-state index contributed by atoms with van der Waals surface area (Å²) < 4.78 is 27.3. The number of halogens is 1. The zero-order chi connectivity index (χ0) is 39.6. The van der Waals surface area contributed by atoms with Gasteiger partial charge in [0.25, 0.3) is 5.91 Å². The molecule has 2 aliphatic heterocycles. The number of benzene rings is 1. The number of amides is 4. The molecule has 0 radical (unpaired) electrons. The minimum absolute atomic E-state index is 0.00218. The third-order valence-electron chi connectivity index (χ3n) is 11.3. The Bertz CT molecular complexity index is 1510. The number of nitrogens with zero attached hydrogens (tertiary/aromatic N) is 3. The largest absolute Gasteiger partial charge is 0.379 e. The van der Waals surface area contributed by atoms with E-state index in [1.165, 1.54) is 18.4 Å². The van der Waals surface area contributed by atoms with Crippen molar-refractivity contribution < 1.29 is 33.0 Å². The second-order valence-electron chi connectivity index (χ2n) is 15.3. The fourth-order valence-electron chi connectivity index (χ4n) is 7.92. The Morgan fingerprint density at radius 2 is 1.83 bits per heavy atom. The van der Waals surface area contributed by atoms with Crippen molar-refractivity contribution in [3.63, 3.8) is 0 Å². The lowest BCUT2D eigenvalue weighted by molar-refractivity contribution is -0.148. The molecule has 300 valence electrons. The predicted molar refractivity (Wildman–Crippen MR) is 207 cm³/mol. The van der Waals surface area contributed by atoms with E-state index in [1.807, 2.05) is 70.3 Å². The highest BCUT2D eigenvalue weighted by Gasteiger charge is 2.46. The van der Waals surface area contributed by atoms with Crippen LogP contribution < -0.4 is 16.0 Å². The molecule has 0 spiro atoms. The van der Waals surface area contributed by atoms with Crippen LogP contribution in [0.15, 0.2) is 41.9 Å². The van der Waals surface area contributed by atoms with Crippen molar-refractivity contribution in [1.82, 2.24) is 30.7 Å². The maximum Gasteiger partial charge on any atom is 0.259 e. The number of likely N-dealkylation sites (tertiary alicyclic amines) is 1. The molecule has 2 fully saturated rings. The van der Waals surface area contributed by atoms with E-state index in [4.69, 9.17) is 9.47 Å². The lowest BCUT2D eigenvalue weighted by Crippen LogP contribution is -2.59. The molecule has 54 heavy (non-hydrogen) atoms. The number of hydrogen-bond acceptors (Lipinski definition) is 9. The fraction of sp³-hybridized carbons (Fsp3) is 0.675. The average Bonchev–Trinajstić information content (AvgIpc) is 3.97. The van der Waals surface area contributed by atoms with E-state index in [0.717, 1.165) is 17.0 Å². The summed E-state index contributed by atoms with van der Waals surface area (Å²) in [7, 11) is 4.77. The van der Waals surface area contributed by atoms with Gasteiger partial charge in [-0.15, -0.1) is 11.3 Å². The summed E-state index contributed by atoms with van der Waals surface area (Å²) in [6, 6.07) is 7.82. The fourth-order valence-corrected chi connectivity index (χ4v) is 8.61. The topological polar surface area (TPSA) is 142 Å². The molecule has 4 rings (SSSR count). The third kappa shape index (κ3) is 10.4. The lowest BCUT2D eigenvalue weighted by Gasteiger charge is -2.41. The predicted octanol–water partition coefficient (Wildman–Crippen LogP) is 4.31. The second kappa shape index (κ2) is 19.9. The van der Waals surface area contributed by atoms with Gasteiger partial charge in [-0.3, -0.25) is 19.2 Å². The Kier molecular flexibility index (Phi) is 16.0. The van der Waals surface area contributed by atoms with Crippen LogP contribution in [0.2, 0.25) is 0 Å². The van der Waals surface area contributed by atoms with Gasteiger partial charge in [-0.25, -0.2) is 9.37 Å². The first-order chi connectivity index (χ1) is 25.8. The van der Waals surface area contributed by atoms with E-state index in [0.29, 0.717) is 32.4 Å². The van der Waals surface area contributed by atoms with Crippen LogP contribution in [0.25, 0.3) is 0 Å². The Labute approximate surface area is 324 Å². The highest BCUT2D eigenvalue weighted by molar-refractivity contribution is 7.09. The molecule has 3 heterocycles. The summed E-state index contributed by atoms with van der Waals surface area (Å²) in [6.07, 6.45) is 3.26. The molecule has 2 aromatic rings. The molecule has 0 bridgehead atoms. The number of alkyl halides is 1. The number of methoxy groups -OCH3 is 2. The first kappa shape index (κ1) is 43.3. The number of likely N-dealkylation sites (N-methyl/N-ethyl adjacent to an activating group) is 1. The van der Waals surface area contributed by atoms with Gasteiger partial charge in [0.2, 0.25) is 23.4 Å². The van der Waals surface area contributed by atoms with E-state index in [2.05, 4.69) is 20.9 Å². The van der Waals surface area contributed by atoms with Crippen LogP contribution in [-0.2, 0) is 35.1 Å². The summed E-state index contributed by atoms with van der Waals surface area (Å²) in [5, 5.41) is 11.5. The number of aromatic nitrogens is 1. The minimum atomic E-state index is -2.07. The van der Waals surface area contributed by atoms with Crippen LogP contribution in [0.5, 0.6) is 0 Å². The zero-order valence-electron chi connectivity index (χ0n) is 33.2. The minimum Gasteiger partial charge on any atom is -0.379 e. The number of carbonyl (C=O) groups is 4. The summed E-state index contributed by atoms with van der Waals surface area (Å²) in [5.41, 5.74) is -0.990. The van der Waals surface area contributed by atoms with Crippen LogP contribution in [0, 0.1) is 17.8 Å². The van der Waals surface area contributed by atoms with Gasteiger partial charge in [0.15, 0.2) is 0 Å². The number of ether oxygens (including phenoxy) is 2. The van der Waals surface area contributed by atoms with Crippen LogP contribution in [0.4, 0.5) is 4.39 Å². The van der Waals surface area contributed by atoms with Crippen molar-refractivity contribution in [3.8, 4) is 0 Å². The van der Waals surface area contributed by atoms with Crippen LogP contribution >= 0.6 is 11.3 Å². The van der Waals surface area contributed by atoms with Gasteiger partial charge in [0, 0.05) is 52.4 Å². The molecule has 9 atom stereocenters. The average molecular weight is 773 g/mol. The van der Waals surface area contributed by atoms with E-state index in [1.54, 1.807) is 30.2 Å². The van der Waals surface area contributed by atoms with Crippen LogP contribution in [-0.4, -0.2) is 115 Å². The Morgan fingerprint density at radius 1 is 1.11 bits per heavy atom. The van der Waals surface area contributed by atoms with E-state index in [-0.39, 0.29) is 61.0 Å². The van der Waals surface area contributed by atoms with E-state index in [9.17, 15) is 19.2 Å². The van der Waals surface area contributed by atoms with Gasteiger partial charge in [0.1, 0.15) is 11.0 Å². The van der Waals surface area contributed by atoms with Crippen molar-refractivity contribution in [1.29, 1.82) is 0 Å². The van der Waals surface area contributed by atoms with Crippen molar-refractivity contribution >= 4 is 35.0 Å². The zero-order valence-corrected chi connectivity index (χ0v) is 34.0. The van der Waals surface area contributed by atoms with Gasteiger partial charge in [-0.2, -0.15) is 0 Å². The third-order valence-corrected chi connectivity index (χ3v) is 12.2. The number of thiazole rings is 1. The standard InChI is InChI=1S/C40H61FN6O6S/c1-9-26(4)34(46(6)38(50)33(25(2)3)45-39(51)40(41)17-18-42-24-40)31(52-7)23-32(48)47-20-13-16-30(47)35(53-8)27(5)36(49)44-29(37-43-19-21-54-37)22-28-14-11-10-12-15-28/h10-12,14-15,19,21,25-27,29-31,33-35,42H,9,13,16-18,20,22-24H2,1-8H3,(H,44,49)(H,45,51)/t26-,27+,29-,30-,31?,33-,34?,35+,40?/m0/s1. The van der Waals surface area contributed by atoms with Gasteiger partial charge >= 0.3 is 0 Å². The van der Waals surface area contributed by atoms with Crippen molar-refractivity contribution in [2.75, 3.05) is 40.9 Å². The molecule has 3 N–H and O–H groups in total. The van der Waals surface area contributed by atoms with Crippen molar-refractivity contribution in [2.24, 2.45) is 17.8 Å². The molecule has 1 aromatic heterocycles. The molecule has 14 heteroatoms. The molecule has 12 nitrogen and oxygen atoms in total. The molecule has 1 aromatic carbocycles. The number of rotatable bonds is 19. The highest BCUT2D eigenvalue weighted by atomic mass is 32.1. The molecular formula is C40H61FN6O6S. The van der Waals surface area contributed by atoms with E-state index < -0.39 is 41.8 Å². The Morgan fingerprint density at radius 3 is 2.41 bits per heavy atom. The number of hydrogen-bond donors (Lipinski definition) is 3. The lowest BCUT2D eigenvalue weighted by atomic mass is 9.89. The molecule has 4 amide bonds. The highest BCUT2D eigenvalue weighted by Crippen LogP contribution is 2.31. The molecule has 2 saturated heterocycles. The van der Waals surface area contributed by atoms with E-state index >= 15 is 4.39 Å². The smallest absolute Gasteiger partial charge is 0.259 e. The summed E-state index contributed by atoms with van der Waals surface area (Å²) in [4.78, 5) is 63.1. The van der Waals surface area contributed by atoms with Crippen molar-refractivity contribution in [3.05, 3.63) is 52.5 Å². The maximum atomic E-state index is 15.3. The first-order valence-corrected chi connectivity index (χ1v) is 20.2. The van der Waals surface area contributed by atoms with Crippen molar-refractivity contribution in [2.45, 2.75) is 115 Å². The van der Waals surface area contributed by atoms with Gasteiger partial charge in [-0.1, -0.05) is 71.4 Å². The van der Waals surface area contributed by atoms with Gasteiger partial charge < -0.3 is 35.2 Å². The van der Waals surface area contributed by atoms with Gasteiger partial charge in [-0.05, 0) is 43.2 Å². The maximum absolute atomic E-state index is 15.3. The molecule has 0 aliphatic carbocycles. The SMILES string of the molecule is CC[C@H](C)C(C(CC(=O)N1CCC[C@H]1[C@H](OC)[C@@H](C)C(=O)N[C@@H](Cc1ccccc1)c1nccs1)OC)N(C)C(=O)[C@@H](NC(=O)C1(F)CCNC1)C(C)C. The number of carbonyl (C=O) groups excluding carboxylic acids is 4. The monoisotopic (exact) mass is 772 g/mol. The number of nitrogens with one attached hydrogen (secondary N) is 3. The first-order valence-electron chi connectivity index (χ1n) is 19.3. The second-order valence-corrected chi connectivity index (χ2v) is 16.2. The Balaban J connectivity index is 1.47. The quantitative estimate of drug-likeness (QED) is 0.192. The van der Waals surface area contributed by atoms with Gasteiger partial charge in [0.05, 0.1) is 42.7 Å². The van der Waals surface area contributed by atoms with Crippen LogP contribution in [0.3, 0.4) is 0 Å². The molecule has 2 aliphatic rings.